The van der Waals surface area contributed by atoms with Gasteiger partial charge in [-0.2, -0.15) is 9.61 Å². The predicted octanol–water partition coefficient (Wildman–Crippen LogP) is 4.73. The molecule has 0 aliphatic rings. The molecule has 0 aliphatic carbocycles. The van der Waals surface area contributed by atoms with Gasteiger partial charge < -0.3 is 10.1 Å². The molecule has 0 radical (unpaired) electrons. The van der Waals surface area contributed by atoms with Crippen LogP contribution in [0.4, 0.5) is 5.69 Å². The summed E-state index contributed by atoms with van der Waals surface area (Å²) in [5.74, 6) is 0.747. The fourth-order valence-corrected chi connectivity index (χ4v) is 4.15. The number of nitrogens with one attached hydrogen (secondary N) is 1. The van der Waals surface area contributed by atoms with E-state index in [-0.39, 0.29) is 16.0 Å². The number of hydrogen-bond acceptors (Lipinski definition) is 6. The van der Waals surface area contributed by atoms with Crippen molar-refractivity contribution in [2.75, 3.05) is 12.4 Å². The number of aromatic nitrogens is 4. The average Bonchev–Trinajstić information content (AvgIpc) is 3.24. The molecule has 1 amide bonds. The first kappa shape index (κ1) is 18.7. The second-order valence-corrected chi connectivity index (χ2v) is 7.62. The van der Waals surface area contributed by atoms with Crippen molar-refractivity contribution in [3.8, 4) is 16.3 Å². The Balaban J connectivity index is 1.53. The van der Waals surface area contributed by atoms with Crippen LogP contribution < -0.4 is 10.1 Å². The quantitative estimate of drug-likeness (QED) is 0.502. The molecule has 0 fully saturated rings. The maximum atomic E-state index is 12.5. The van der Waals surface area contributed by atoms with Gasteiger partial charge in [0.15, 0.2) is 11.6 Å². The van der Waals surface area contributed by atoms with Gasteiger partial charge in [0, 0.05) is 16.8 Å². The fourth-order valence-electron chi connectivity index (χ4n) is 2.62. The van der Waals surface area contributed by atoms with Crippen LogP contribution in [0.3, 0.4) is 0 Å². The van der Waals surface area contributed by atoms with Gasteiger partial charge in [-0.1, -0.05) is 34.5 Å². The smallest absolute Gasteiger partial charge is 0.255 e. The third-order valence-corrected chi connectivity index (χ3v) is 5.51. The van der Waals surface area contributed by atoms with Crippen molar-refractivity contribution in [3.05, 3.63) is 57.8 Å². The van der Waals surface area contributed by atoms with Gasteiger partial charge >= 0.3 is 0 Å². The molecule has 0 saturated carbocycles. The SMILES string of the molecule is COc1c(Cl)cc(C(=O)Nc2ccc(-c3nn4c(C)nnc4s3)cc2)cc1Cl. The third kappa shape index (κ3) is 3.42. The van der Waals surface area contributed by atoms with Crippen LogP contribution in [0.1, 0.15) is 16.2 Å². The standard InChI is InChI=1S/C18H13Cl2N5O2S/c1-9-22-23-18-25(9)24-17(28-18)10-3-5-12(6-4-10)21-16(26)11-7-13(19)15(27-2)14(20)8-11/h3-8H,1-2H3,(H,21,26). The maximum absolute atomic E-state index is 12.5. The minimum Gasteiger partial charge on any atom is -0.494 e. The second kappa shape index (κ2) is 7.38. The van der Waals surface area contributed by atoms with Gasteiger partial charge in [0.1, 0.15) is 5.01 Å². The van der Waals surface area contributed by atoms with Crippen LogP contribution in [0.5, 0.6) is 5.75 Å². The van der Waals surface area contributed by atoms with E-state index in [1.165, 1.54) is 30.6 Å². The van der Waals surface area contributed by atoms with Gasteiger partial charge in [-0.25, -0.2) is 0 Å². The highest BCUT2D eigenvalue weighted by Gasteiger charge is 2.14. The summed E-state index contributed by atoms with van der Waals surface area (Å²) in [7, 11) is 1.46. The van der Waals surface area contributed by atoms with Crippen molar-refractivity contribution in [3.63, 3.8) is 0 Å². The zero-order valence-electron chi connectivity index (χ0n) is 14.7. The van der Waals surface area contributed by atoms with Gasteiger partial charge in [-0.05, 0) is 43.3 Å². The number of halogens is 2. The van der Waals surface area contributed by atoms with E-state index >= 15 is 0 Å². The number of fused-ring (bicyclic) bond motifs is 1. The summed E-state index contributed by atoms with van der Waals surface area (Å²) in [6.45, 7) is 1.85. The Labute approximate surface area is 173 Å². The van der Waals surface area contributed by atoms with E-state index in [1.807, 2.05) is 19.1 Å². The van der Waals surface area contributed by atoms with Crippen LogP contribution in [-0.4, -0.2) is 32.8 Å². The lowest BCUT2D eigenvalue weighted by Gasteiger charge is -2.09. The zero-order valence-corrected chi connectivity index (χ0v) is 17.1. The number of hydrogen-bond donors (Lipinski definition) is 1. The second-order valence-electron chi connectivity index (χ2n) is 5.85. The third-order valence-electron chi connectivity index (χ3n) is 4.00. The molecule has 1 N–H and O–H groups in total. The largest absolute Gasteiger partial charge is 0.494 e. The highest BCUT2D eigenvalue weighted by molar-refractivity contribution is 7.19. The van der Waals surface area contributed by atoms with E-state index in [9.17, 15) is 4.79 Å². The number of methoxy groups -OCH3 is 1. The van der Waals surface area contributed by atoms with Crippen molar-refractivity contribution >= 4 is 51.1 Å². The lowest BCUT2D eigenvalue weighted by Crippen LogP contribution is -2.12. The van der Waals surface area contributed by atoms with Crippen molar-refractivity contribution in [2.45, 2.75) is 6.92 Å². The summed E-state index contributed by atoms with van der Waals surface area (Å²) in [5, 5.41) is 16.7. The van der Waals surface area contributed by atoms with Crippen LogP contribution >= 0.6 is 34.5 Å². The van der Waals surface area contributed by atoms with Crippen LogP contribution in [0.15, 0.2) is 36.4 Å². The van der Waals surface area contributed by atoms with E-state index in [2.05, 4.69) is 20.6 Å². The van der Waals surface area contributed by atoms with Gasteiger partial charge in [-0.3, -0.25) is 4.79 Å². The maximum Gasteiger partial charge on any atom is 0.255 e. The van der Waals surface area contributed by atoms with Crippen molar-refractivity contribution in [2.24, 2.45) is 0 Å². The Bertz CT molecular complexity index is 1160. The molecule has 0 aliphatic heterocycles. The predicted molar refractivity (Wildman–Crippen MR) is 110 cm³/mol. The topological polar surface area (TPSA) is 81.4 Å². The Hall–Kier alpha value is -2.68. The highest BCUT2D eigenvalue weighted by atomic mass is 35.5. The number of carbonyl (C=O) groups is 1. The number of carbonyl (C=O) groups excluding carboxylic acids is 1. The number of aryl methyl sites for hydroxylation is 1. The van der Waals surface area contributed by atoms with E-state index in [0.717, 1.165) is 21.4 Å². The molecule has 0 atom stereocenters. The summed E-state index contributed by atoms with van der Waals surface area (Å²) in [6.07, 6.45) is 0. The van der Waals surface area contributed by atoms with Crippen molar-refractivity contribution in [1.29, 1.82) is 0 Å². The number of ether oxygens (including phenoxy) is 1. The molecule has 2 heterocycles. The Morgan fingerprint density at radius 1 is 1.14 bits per heavy atom. The summed E-state index contributed by atoms with van der Waals surface area (Å²) in [4.78, 5) is 13.2. The average molecular weight is 434 g/mol. The molecule has 4 aromatic rings. The Morgan fingerprint density at radius 3 is 2.43 bits per heavy atom. The van der Waals surface area contributed by atoms with Gasteiger partial charge in [-0.15, -0.1) is 10.2 Å². The molecule has 2 aromatic carbocycles. The Kier molecular flexibility index (Phi) is 4.92. The van der Waals surface area contributed by atoms with Crippen molar-refractivity contribution in [1.82, 2.24) is 19.8 Å². The molecule has 142 valence electrons. The van der Waals surface area contributed by atoms with Crippen LogP contribution in [0.25, 0.3) is 15.5 Å². The molecule has 0 spiro atoms. The number of anilines is 1. The first-order valence-corrected chi connectivity index (χ1v) is 9.67. The minimum atomic E-state index is -0.325. The number of rotatable bonds is 4. The molecule has 0 saturated heterocycles. The highest BCUT2D eigenvalue weighted by Crippen LogP contribution is 2.34. The summed E-state index contributed by atoms with van der Waals surface area (Å²) < 4.78 is 6.80. The molecule has 4 rings (SSSR count). The Morgan fingerprint density at radius 2 is 1.82 bits per heavy atom. The zero-order chi connectivity index (χ0) is 19.8. The molecule has 10 heteroatoms. The van der Waals surface area contributed by atoms with Crippen LogP contribution in [0.2, 0.25) is 10.0 Å². The summed E-state index contributed by atoms with van der Waals surface area (Å²) in [6, 6.07) is 10.4. The van der Waals surface area contributed by atoms with Gasteiger partial charge in [0.05, 0.1) is 17.2 Å². The summed E-state index contributed by atoms with van der Waals surface area (Å²) in [5.41, 5.74) is 1.89. The molecule has 0 unspecified atom stereocenters. The van der Waals surface area contributed by atoms with Gasteiger partial charge in [0.2, 0.25) is 4.96 Å². The molecule has 0 bridgehead atoms. The normalized spacial score (nSPS) is 11.0. The lowest BCUT2D eigenvalue weighted by atomic mass is 10.1. The van der Waals surface area contributed by atoms with E-state index in [1.54, 1.807) is 16.6 Å². The fraction of sp³-hybridized carbons (Fsp3) is 0.111. The number of amides is 1. The van der Waals surface area contributed by atoms with E-state index in [4.69, 9.17) is 27.9 Å². The first-order valence-electron chi connectivity index (χ1n) is 8.10. The number of benzene rings is 2. The van der Waals surface area contributed by atoms with Crippen LogP contribution in [-0.2, 0) is 0 Å². The van der Waals surface area contributed by atoms with Crippen molar-refractivity contribution < 1.29 is 9.53 Å². The molecular weight excluding hydrogens is 421 g/mol. The number of nitrogens with zero attached hydrogens (tertiary/aromatic N) is 4. The molecule has 7 nitrogen and oxygen atoms in total. The molecular formula is C18H13Cl2N5O2S. The van der Waals surface area contributed by atoms with Crippen LogP contribution in [0, 0.1) is 6.92 Å². The van der Waals surface area contributed by atoms with E-state index < -0.39 is 0 Å². The van der Waals surface area contributed by atoms with Gasteiger partial charge in [0.25, 0.3) is 5.91 Å². The summed E-state index contributed by atoms with van der Waals surface area (Å²) >= 11 is 13.6. The minimum absolute atomic E-state index is 0.272. The monoisotopic (exact) mass is 433 g/mol. The van der Waals surface area contributed by atoms with E-state index in [0.29, 0.717) is 17.0 Å². The lowest BCUT2D eigenvalue weighted by molar-refractivity contribution is 0.102. The first-order chi connectivity index (χ1) is 13.5. The molecule has 28 heavy (non-hydrogen) atoms. The molecule has 2 aromatic heterocycles.